The van der Waals surface area contributed by atoms with E-state index in [1.165, 1.54) is 4.68 Å². The summed E-state index contributed by atoms with van der Waals surface area (Å²) in [7, 11) is 0. The normalized spacial score (nSPS) is 14.4. The zero-order valence-corrected chi connectivity index (χ0v) is 15.9. The van der Waals surface area contributed by atoms with E-state index in [4.69, 9.17) is 27.9 Å². The highest BCUT2D eigenvalue weighted by Crippen LogP contribution is 2.29. The van der Waals surface area contributed by atoms with Gasteiger partial charge in [0.2, 0.25) is 5.95 Å². The Bertz CT molecular complexity index is 927. The van der Waals surface area contributed by atoms with Crippen molar-refractivity contribution in [3.8, 4) is 5.69 Å². The maximum Gasteiger partial charge on any atom is 0.248 e. The first kappa shape index (κ1) is 18.0. The molecule has 1 saturated heterocycles. The van der Waals surface area contributed by atoms with Crippen molar-refractivity contribution in [1.29, 1.82) is 0 Å². The molecule has 0 saturated carbocycles. The zero-order valence-electron chi connectivity index (χ0n) is 14.3. The van der Waals surface area contributed by atoms with Crippen LogP contribution in [0.15, 0.2) is 36.7 Å². The van der Waals surface area contributed by atoms with E-state index in [1.54, 1.807) is 24.4 Å². The number of anilines is 2. The molecular weight excluding hydrogens is 389 g/mol. The molecule has 0 amide bonds. The minimum absolute atomic E-state index is 0.396. The first-order valence-corrected chi connectivity index (χ1v) is 9.22. The van der Waals surface area contributed by atoms with Gasteiger partial charge < -0.3 is 15.0 Å². The van der Waals surface area contributed by atoms with Gasteiger partial charge in [0.15, 0.2) is 0 Å². The summed E-state index contributed by atoms with van der Waals surface area (Å²) in [6.45, 7) is 3.65. The maximum atomic E-state index is 6.30. The number of morpholine rings is 1. The van der Waals surface area contributed by atoms with Crippen LogP contribution in [0.3, 0.4) is 0 Å². The molecule has 1 aliphatic rings. The third-order valence-corrected chi connectivity index (χ3v) is 5.11. The fourth-order valence-electron chi connectivity index (χ4n) is 2.94. The minimum atomic E-state index is 0.396. The third kappa shape index (κ3) is 3.83. The van der Waals surface area contributed by atoms with Gasteiger partial charge in [-0.25, -0.2) is 0 Å². The lowest BCUT2D eigenvalue weighted by molar-refractivity contribution is 0.122. The average molecular weight is 406 g/mol. The van der Waals surface area contributed by atoms with Gasteiger partial charge in [-0.15, -0.1) is 0 Å². The van der Waals surface area contributed by atoms with Gasteiger partial charge in [-0.3, -0.25) is 4.98 Å². The van der Waals surface area contributed by atoms with Gasteiger partial charge in [0, 0.05) is 25.8 Å². The summed E-state index contributed by atoms with van der Waals surface area (Å²) in [4.78, 5) is 6.53. The van der Waals surface area contributed by atoms with Crippen molar-refractivity contribution < 1.29 is 4.74 Å². The van der Waals surface area contributed by atoms with Gasteiger partial charge in [-0.2, -0.15) is 4.68 Å². The molecular formula is C17H17Cl2N7O. The molecule has 0 atom stereocenters. The van der Waals surface area contributed by atoms with Crippen molar-refractivity contribution in [1.82, 2.24) is 25.2 Å². The van der Waals surface area contributed by atoms with Gasteiger partial charge in [-0.05, 0) is 34.2 Å². The largest absolute Gasteiger partial charge is 0.378 e. The number of benzene rings is 1. The molecule has 0 aliphatic carbocycles. The molecule has 0 spiro atoms. The molecule has 140 valence electrons. The van der Waals surface area contributed by atoms with Crippen LogP contribution in [0.2, 0.25) is 10.0 Å². The second kappa shape index (κ2) is 8.08. The Balaban J connectivity index is 1.56. The molecule has 1 aromatic carbocycles. The zero-order chi connectivity index (χ0) is 18.6. The standard InChI is InChI=1S/C17H17Cl2N7O/c18-13-2-1-3-14(16(13)19)26-17(22-23-24-26)21-10-12-4-5-20-11-15(12)25-6-8-27-9-7-25/h1-5,11H,6-10H2,(H,21,22,24). The van der Waals surface area contributed by atoms with Crippen LogP contribution in [-0.2, 0) is 11.3 Å². The highest BCUT2D eigenvalue weighted by atomic mass is 35.5. The Morgan fingerprint density at radius 2 is 1.96 bits per heavy atom. The maximum absolute atomic E-state index is 6.30. The van der Waals surface area contributed by atoms with E-state index in [2.05, 4.69) is 30.7 Å². The number of tetrazole rings is 1. The Hall–Kier alpha value is -2.42. The summed E-state index contributed by atoms with van der Waals surface area (Å²) in [6.07, 6.45) is 3.65. The molecule has 0 bridgehead atoms. The highest BCUT2D eigenvalue weighted by molar-refractivity contribution is 6.43. The Morgan fingerprint density at radius 3 is 2.81 bits per heavy atom. The average Bonchev–Trinajstić information content (AvgIpc) is 3.18. The third-order valence-electron chi connectivity index (χ3n) is 4.31. The lowest BCUT2D eigenvalue weighted by Crippen LogP contribution is -2.37. The van der Waals surface area contributed by atoms with Gasteiger partial charge in [0.1, 0.15) is 0 Å². The summed E-state index contributed by atoms with van der Waals surface area (Å²) in [5, 5.41) is 16.0. The Kier molecular flexibility index (Phi) is 5.38. The Morgan fingerprint density at radius 1 is 1.11 bits per heavy atom. The number of aromatic nitrogens is 5. The molecule has 1 aliphatic heterocycles. The van der Waals surface area contributed by atoms with Crippen LogP contribution in [0.5, 0.6) is 0 Å². The van der Waals surface area contributed by atoms with E-state index in [0.29, 0.717) is 41.4 Å². The van der Waals surface area contributed by atoms with Crippen molar-refractivity contribution >= 4 is 34.8 Å². The molecule has 2 aromatic heterocycles. The summed E-state index contributed by atoms with van der Waals surface area (Å²) >= 11 is 12.4. The summed E-state index contributed by atoms with van der Waals surface area (Å²) in [6, 6.07) is 7.31. The van der Waals surface area contributed by atoms with E-state index in [9.17, 15) is 0 Å². The predicted molar refractivity (Wildman–Crippen MR) is 104 cm³/mol. The smallest absolute Gasteiger partial charge is 0.248 e. The van der Waals surface area contributed by atoms with Crippen LogP contribution in [-0.4, -0.2) is 51.5 Å². The van der Waals surface area contributed by atoms with Crippen molar-refractivity contribution in [3.63, 3.8) is 0 Å². The van der Waals surface area contributed by atoms with Crippen LogP contribution >= 0.6 is 23.2 Å². The molecule has 3 aromatic rings. The van der Waals surface area contributed by atoms with E-state index in [1.807, 2.05) is 12.3 Å². The van der Waals surface area contributed by atoms with Crippen molar-refractivity contribution in [2.75, 3.05) is 36.5 Å². The lowest BCUT2D eigenvalue weighted by atomic mass is 10.2. The van der Waals surface area contributed by atoms with Crippen molar-refractivity contribution in [2.24, 2.45) is 0 Å². The fourth-order valence-corrected chi connectivity index (χ4v) is 3.32. The summed E-state index contributed by atoms with van der Waals surface area (Å²) in [5.41, 5.74) is 2.78. The first-order chi connectivity index (χ1) is 13.2. The van der Waals surface area contributed by atoms with Crippen LogP contribution in [0.1, 0.15) is 5.56 Å². The van der Waals surface area contributed by atoms with Crippen LogP contribution in [0.25, 0.3) is 5.69 Å². The van der Waals surface area contributed by atoms with Crippen LogP contribution in [0, 0.1) is 0 Å². The molecule has 0 unspecified atom stereocenters. The number of rotatable bonds is 5. The number of hydrogen-bond donors (Lipinski definition) is 1. The molecule has 27 heavy (non-hydrogen) atoms. The number of hydrogen-bond acceptors (Lipinski definition) is 7. The Labute approximate surface area is 166 Å². The van der Waals surface area contributed by atoms with E-state index < -0.39 is 0 Å². The van der Waals surface area contributed by atoms with Crippen LogP contribution in [0.4, 0.5) is 11.6 Å². The molecule has 4 rings (SSSR count). The summed E-state index contributed by atoms with van der Waals surface area (Å²) < 4.78 is 6.97. The van der Waals surface area contributed by atoms with Gasteiger partial charge >= 0.3 is 0 Å². The highest BCUT2D eigenvalue weighted by Gasteiger charge is 2.17. The van der Waals surface area contributed by atoms with Gasteiger partial charge in [0.25, 0.3) is 0 Å². The SMILES string of the molecule is Clc1cccc(-n2nnnc2NCc2ccncc2N2CCOCC2)c1Cl. The molecule has 1 fully saturated rings. The number of nitrogens with one attached hydrogen (secondary N) is 1. The van der Waals surface area contributed by atoms with Crippen molar-refractivity contribution in [2.45, 2.75) is 6.54 Å². The van der Waals surface area contributed by atoms with Crippen molar-refractivity contribution in [3.05, 3.63) is 52.3 Å². The van der Waals surface area contributed by atoms with Gasteiger partial charge in [0.05, 0.1) is 40.8 Å². The minimum Gasteiger partial charge on any atom is -0.378 e. The first-order valence-electron chi connectivity index (χ1n) is 8.46. The molecule has 3 heterocycles. The molecule has 10 heteroatoms. The van der Waals surface area contributed by atoms with E-state index in [0.717, 1.165) is 24.3 Å². The number of halogens is 2. The van der Waals surface area contributed by atoms with E-state index in [-0.39, 0.29) is 0 Å². The predicted octanol–water partition coefficient (Wildman–Crippen LogP) is 2.81. The monoisotopic (exact) mass is 405 g/mol. The topological polar surface area (TPSA) is 81.0 Å². The molecule has 8 nitrogen and oxygen atoms in total. The number of ether oxygens (including phenoxy) is 1. The lowest BCUT2D eigenvalue weighted by Gasteiger charge is -2.30. The molecule has 1 N–H and O–H groups in total. The van der Waals surface area contributed by atoms with E-state index >= 15 is 0 Å². The van der Waals surface area contributed by atoms with Gasteiger partial charge in [-0.1, -0.05) is 34.4 Å². The number of nitrogens with zero attached hydrogens (tertiary/aromatic N) is 6. The number of pyridine rings is 1. The fraction of sp³-hybridized carbons (Fsp3) is 0.294. The summed E-state index contributed by atoms with van der Waals surface area (Å²) in [5.74, 6) is 0.476. The second-order valence-electron chi connectivity index (χ2n) is 5.94. The molecule has 0 radical (unpaired) electrons. The quantitative estimate of drug-likeness (QED) is 0.698. The second-order valence-corrected chi connectivity index (χ2v) is 6.73. The van der Waals surface area contributed by atoms with Crippen LogP contribution < -0.4 is 10.2 Å².